The van der Waals surface area contributed by atoms with Crippen LogP contribution in [0.15, 0.2) is 66.7 Å². The minimum absolute atomic E-state index is 0.0998. The van der Waals surface area contributed by atoms with Crippen LogP contribution in [0.3, 0.4) is 0 Å². The SMILES string of the molecule is CC(C)(C)C1CCC(N(Cc2ccc(C(=O)Nc3ccc4c(c3)C(=O)NC4=O)cc2)C(=O)Nc2ccc(Cl)cc2)CC1. The highest BCUT2D eigenvalue weighted by Gasteiger charge is 2.34. The lowest BCUT2D eigenvalue weighted by Crippen LogP contribution is -2.45. The number of rotatable bonds is 6. The largest absolute Gasteiger partial charge is 0.322 e. The van der Waals surface area contributed by atoms with Crippen LogP contribution in [0.4, 0.5) is 16.2 Å². The van der Waals surface area contributed by atoms with Gasteiger partial charge in [0.15, 0.2) is 0 Å². The van der Waals surface area contributed by atoms with Crippen molar-refractivity contribution in [2.75, 3.05) is 10.6 Å². The first-order valence-corrected chi connectivity index (χ1v) is 14.6. The number of hydrogen-bond acceptors (Lipinski definition) is 4. The van der Waals surface area contributed by atoms with Crippen LogP contribution < -0.4 is 16.0 Å². The van der Waals surface area contributed by atoms with Crippen LogP contribution in [0.25, 0.3) is 0 Å². The zero-order chi connectivity index (χ0) is 30.0. The third-order valence-electron chi connectivity index (χ3n) is 8.28. The molecule has 5 rings (SSSR count). The van der Waals surface area contributed by atoms with Crippen molar-refractivity contribution in [3.05, 3.63) is 94.0 Å². The van der Waals surface area contributed by atoms with E-state index in [1.54, 1.807) is 42.5 Å². The fourth-order valence-corrected chi connectivity index (χ4v) is 5.88. The maximum absolute atomic E-state index is 13.6. The van der Waals surface area contributed by atoms with Gasteiger partial charge >= 0.3 is 6.03 Å². The van der Waals surface area contributed by atoms with E-state index in [0.717, 1.165) is 31.2 Å². The number of amides is 5. The van der Waals surface area contributed by atoms with Gasteiger partial charge in [0.05, 0.1) is 11.1 Å². The van der Waals surface area contributed by atoms with E-state index >= 15 is 0 Å². The predicted molar refractivity (Wildman–Crippen MR) is 164 cm³/mol. The molecule has 1 saturated carbocycles. The number of nitrogens with one attached hydrogen (secondary N) is 3. The molecule has 3 aromatic carbocycles. The Morgan fingerprint density at radius 2 is 1.45 bits per heavy atom. The molecule has 1 aliphatic heterocycles. The van der Waals surface area contributed by atoms with Crippen molar-refractivity contribution in [1.29, 1.82) is 0 Å². The van der Waals surface area contributed by atoms with Crippen molar-refractivity contribution in [1.82, 2.24) is 10.2 Å². The molecule has 3 aromatic rings. The van der Waals surface area contributed by atoms with Crippen molar-refractivity contribution in [2.45, 2.75) is 59.0 Å². The van der Waals surface area contributed by atoms with Crippen molar-refractivity contribution in [2.24, 2.45) is 11.3 Å². The minimum atomic E-state index is -0.480. The second kappa shape index (κ2) is 12.0. The maximum atomic E-state index is 13.6. The molecule has 218 valence electrons. The summed E-state index contributed by atoms with van der Waals surface area (Å²) in [5, 5.41) is 8.66. The predicted octanol–water partition coefficient (Wildman–Crippen LogP) is 7.11. The Bertz CT molecular complexity index is 1500. The van der Waals surface area contributed by atoms with E-state index in [2.05, 4.69) is 36.7 Å². The van der Waals surface area contributed by atoms with E-state index in [4.69, 9.17) is 11.6 Å². The zero-order valence-corrected chi connectivity index (χ0v) is 24.8. The monoisotopic (exact) mass is 586 g/mol. The lowest BCUT2D eigenvalue weighted by Gasteiger charge is -2.41. The van der Waals surface area contributed by atoms with Gasteiger partial charge < -0.3 is 15.5 Å². The number of nitrogens with zero attached hydrogens (tertiary/aromatic N) is 1. The van der Waals surface area contributed by atoms with Gasteiger partial charge in [0, 0.05) is 34.5 Å². The molecule has 9 heteroatoms. The van der Waals surface area contributed by atoms with Crippen molar-refractivity contribution < 1.29 is 19.2 Å². The Kier molecular flexibility index (Phi) is 8.36. The first kappa shape index (κ1) is 29.3. The molecule has 0 saturated heterocycles. The van der Waals surface area contributed by atoms with Crippen LogP contribution in [-0.4, -0.2) is 34.7 Å². The van der Waals surface area contributed by atoms with Crippen molar-refractivity contribution >= 4 is 46.7 Å². The fraction of sp³-hybridized carbons (Fsp3) is 0.333. The summed E-state index contributed by atoms with van der Waals surface area (Å²) in [5.41, 5.74) is 3.20. The Morgan fingerprint density at radius 3 is 2.10 bits per heavy atom. The summed E-state index contributed by atoms with van der Waals surface area (Å²) in [6, 6.07) is 18.8. The summed E-state index contributed by atoms with van der Waals surface area (Å²) in [6.07, 6.45) is 3.99. The van der Waals surface area contributed by atoms with Gasteiger partial charge in [0.25, 0.3) is 17.7 Å². The number of urea groups is 1. The molecule has 0 unspecified atom stereocenters. The second-order valence-electron chi connectivity index (χ2n) is 12.1. The van der Waals surface area contributed by atoms with Gasteiger partial charge in [-0.2, -0.15) is 0 Å². The van der Waals surface area contributed by atoms with E-state index in [0.29, 0.717) is 40.0 Å². The van der Waals surface area contributed by atoms with Gasteiger partial charge in [0.1, 0.15) is 0 Å². The lowest BCUT2D eigenvalue weighted by atomic mass is 9.71. The van der Waals surface area contributed by atoms with Crippen LogP contribution in [0.5, 0.6) is 0 Å². The Morgan fingerprint density at radius 1 is 0.833 bits per heavy atom. The molecule has 3 N–H and O–H groups in total. The Balaban J connectivity index is 1.28. The highest BCUT2D eigenvalue weighted by molar-refractivity contribution is 6.30. The summed E-state index contributed by atoms with van der Waals surface area (Å²) in [6.45, 7) is 7.24. The zero-order valence-electron chi connectivity index (χ0n) is 24.0. The highest BCUT2D eigenvalue weighted by atomic mass is 35.5. The molecule has 0 radical (unpaired) electrons. The van der Waals surface area contributed by atoms with Gasteiger partial charge in [0.2, 0.25) is 0 Å². The quantitative estimate of drug-likeness (QED) is 0.267. The maximum Gasteiger partial charge on any atom is 0.322 e. The number of halogens is 1. The number of hydrogen-bond donors (Lipinski definition) is 3. The number of anilines is 2. The molecule has 0 spiro atoms. The van der Waals surface area contributed by atoms with Crippen LogP contribution in [0.1, 0.15) is 83.1 Å². The van der Waals surface area contributed by atoms with E-state index in [1.807, 2.05) is 17.0 Å². The molecular weight excluding hydrogens is 552 g/mol. The third kappa shape index (κ3) is 6.65. The normalized spacial score (nSPS) is 18.2. The summed E-state index contributed by atoms with van der Waals surface area (Å²) in [5.74, 6) is -0.647. The smallest absolute Gasteiger partial charge is 0.322 e. The van der Waals surface area contributed by atoms with Gasteiger partial charge in [-0.05, 0) is 97.2 Å². The molecule has 1 aliphatic carbocycles. The Hall–Kier alpha value is -4.17. The number of fused-ring (bicyclic) bond motifs is 1. The molecule has 5 amide bonds. The van der Waals surface area contributed by atoms with Gasteiger partial charge in [-0.3, -0.25) is 19.7 Å². The van der Waals surface area contributed by atoms with Crippen LogP contribution in [0.2, 0.25) is 5.02 Å². The number of carbonyl (C=O) groups excluding carboxylic acids is 4. The van der Waals surface area contributed by atoms with E-state index in [-0.39, 0.29) is 29.0 Å². The molecule has 1 heterocycles. The summed E-state index contributed by atoms with van der Waals surface area (Å²) >= 11 is 6.02. The number of carbonyl (C=O) groups is 4. The van der Waals surface area contributed by atoms with Crippen LogP contribution in [0, 0.1) is 11.3 Å². The molecule has 0 bridgehead atoms. The van der Waals surface area contributed by atoms with E-state index in [9.17, 15) is 19.2 Å². The van der Waals surface area contributed by atoms with Gasteiger partial charge in [-0.15, -0.1) is 0 Å². The van der Waals surface area contributed by atoms with Gasteiger partial charge in [-0.25, -0.2) is 4.79 Å². The molecule has 8 nitrogen and oxygen atoms in total. The summed E-state index contributed by atoms with van der Waals surface area (Å²) < 4.78 is 0. The number of benzene rings is 3. The van der Waals surface area contributed by atoms with Crippen LogP contribution in [-0.2, 0) is 6.54 Å². The number of imide groups is 1. The lowest BCUT2D eigenvalue weighted by molar-refractivity contribution is 0.0878. The highest BCUT2D eigenvalue weighted by Crippen LogP contribution is 2.39. The average molecular weight is 587 g/mol. The summed E-state index contributed by atoms with van der Waals surface area (Å²) in [4.78, 5) is 52.1. The van der Waals surface area contributed by atoms with Gasteiger partial charge in [-0.1, -0.05) is 44.5 Å². The first-order chi connectivity index (χ1) is 20.0. The topological polar surface area (TPSA) is 108 Å². The second-order valence-corrected chi connectivity index (χ2v) is 12.6. The van der Waals surface area contributed by atoms with Crippen LogP contribution >= 0.6 is 11.6 Å². The standard InChI is InChI=1S/C33H35ClN4O4/c1-33(2,3)22-8-15-26(16-9-22)38(32(42)36-24-12-10-23(34)11-13-24)19-20-4-6-21(7-5-20)29(39)35-25-14-17-27-28(18-25)31(41)37-30(27)40/h4-7,10-14,17-18,22,26H,8-9,15-16,19H2,1-3H3,(H,35,39)(H,36,42)(H,37,40,41). The fourth-order valence-electron chi connectivity index (χ4n) is 5.76. The third-order valence-corrected chi connectivity index (χ3v) is 8.53. The molecule has 42 heavy (non-hydrogen) atoms. The molecule has 0 atom stereocenters. The van der Waals surface area contributed by atoms with Crippen molar-refractivity contribution in [3.8, 4) is 0 Å². The molecule has 1 fully saturated rings. The van der Waals surface area contributed by atoms with Crippen molar-refractivity contribution in [3.63, 3.8) is 0 Å². The molecule has 2 aliphatic rings. The molecular formula is C33H35ClN4O4. The van der Waals surface area contributed by atoms with E-state index < -0.39 is 11.8 Å². The minimum Gasteiger partial charge on any atom is -0.322 e. The molecule has 0 aromatic heterocycles. The summed E-state index contributed by atoms with van der Waals surface area (Å²) in [7, 11) is 0. The van der Waals surface area contributed by atoms with E-state index in [1.165, 1.54) is 12.1 Å². The Labute approximate surface area is 250 Å². The first-order valence-electron chi connectivity index (χ1n) is 14.2. The average Bonchev–Trinajstić information content (AvgIpc) is 3.25.